The highest BCUT2D eigenvalue weighted by atomic mass is 16.2. The summed E-state index contributed by atoms with van der Waals surface area (Å²) in [7, 11) is 0. The predicted octanol–water partition coefficient (Wildman–Crippen LogP) is 2.63. The fourth-order valence-electron chi connectivity index (χ4n) is 2.02. The molecule has 0 spiro atoms. The highest BCUT2D eigenvalue weighted by molar-refractivity contribution is 5.95. The number of pyridine rings is 1. The number of carbonyl (C=O) groups is 1. The summed E-state index contributed by atoms with van der Waals surface area (Å²) >= 11 is 0. The van der Waals surface area contributed by atoms with Crippen LogP contribution in [0.2, 0.25) is 0 Å². The van der Waals surface area contributed by atoms with Crippen molar-refractivity contribution >= 4 is 22.5 Å². The Morgan fingerprint density at radius 3 is 3.00 bits per heavy atom. The molecule has 1 aromatic carbocycles. The van der Waals surface area contributed by atoms with E-state index >= 15 is 0 Å². The lowest BCUT2D eigenvalue weighted by molar-refractivity contribution is -0.118. The zero-order chi connectivity index (χ0) is 13.9. The first-order valence-electron chi connectivity index (χ1n) is 6.37. The maximum absolute atomic E-state index is 12.2. The summed E-state index contributed by atoms with van der Waals surface area (Å²) in [5, 5.41) is 3.87. The van der Waals surface area contributed by atoms with Gasteiger partial charge in [-0.05, 0) is 19.1 Å². The van der Waals surface area contributed by atoms with E-state index < -0.39 is 0 Å². The molecule has 5 heteroatoms. The number of benzene rings is 1. The Kier molecular flexibility index (Phi) is 3.16. The maximum Gasteiger partial charge on any atom is 0.247 e. The van der Waals surface area contributed by atoms with E-state index in [1.807, 2.05) is 37.3 Å². The molecule has 0 aliphatic carbocycles. The van der Waals surface area contributed by atoms with Crippen LogP contribution < -0.4 is 5.32 Å². The number of fused-ring (bicyclic) bond motifs is 1. The van der Waals surface area contributed by atoms with E-state index in [2.05, 4.69) is 15.3 Å². The predicted molar refractivity (Wildman–Crippen MR) is 77.3 cm³/mol. The first-order chi connectivity index (χ1) is 9.74. The Balaban J connectivity index is 1.80. The summed E-state index contributed by atoms with van der Waals surface area (Å²) in [6, 6.07) is 9.40. The lowest BCUT2D eigenvalue weighted by Gasteiger charge is -2.13. The number of para-hydroxylation sites is 1. The van der Waals surface area contributed by atoms with Crippen molar-refractivity contribution in [2.75, 3.05) is 5.32 Å². The second kappa shape index (κ2) is 5.13. The van der Waals surface area contributed by atoms with E-state index in [1.165, 1.54) is 0 Å². The Morgan fingerprint density at radius 1 is 1.35 bits per heavy atom. The number of aromatic nitrogens is 3. The molecule has 0 saturated carbocycles. The molecule has 2 heterocycles. The number of amides is 1. The fourth-order valence-corrected chi connectivity index (χ4v) is 2.02. The lowest BCUT2D eigenvalue weighted by atomic mass is 10.2. The molecule has 1 amide bonds. The van der Waals surface area contributed by atoms with E-state index in [-0.39, 0.29) is 11.9 Å². The number of anilines is 1. The smallest absolute Gasteiger partial charge is 0.247 e. The van der Waals surface area contributed by atoms with Gasteiger partial charge in [0.1, 0.15) is 6.04 Å². The second-order valence-corrected chi connectivity index (χ2v) is 4.59. The Bertz CT molecular complexity index is 736. The fraction of sp³-hybridized carbons (Fsp3) is 0.133. The van der Waals surface area contributed by atoms with Gasteiger partial charge in [0.05, 0.1) is 23.7 Å². The van der Waals surface area contributed by atoms with E-state index in [0.29, 0.717) is 5.69 Å². The third-order valence-electron chi connectivity index (χ3n) is 3.21. The van der Waals surface area contributed by atoms with Crippen LogP contribution in [0.5, 0.6) is 0 Å². The molecule has 0 aliphatic rings. The zero-order valence-electron chi connectivity index (χ0n) is 11.0. The minimum Gasteiger partial charge on any atom is -0.325 e. The van der Waals surface area contributed by atoms with Crippen molar-refractivity contribution in [3.05, 3.63) is 55.2 Å². The minimum atomic E-state index is -0.316. The normalized spacial score (nSPS) is 12.2. The summed E-state index contributed by atoms with van der Waals surface area (Å²) in [5.41, 5.74) is 1.61. The summed E-state index contributed by atoms with van der Waals surface area (Å²) in [5.74, 6) is -0.0971. The molecule has 1 N–H and O–H groups in total. The molecule has 0 fully saturated rings. The van der Waals surface area contributed by atoms with E-state index in [4.69, 9.17) is 0 Å². The van der Waals surface area contributed by atoms with Crippen molar-refractivity contribution in [1.82, 2.24) is 14.5 Å². The molecule has 1 unspecified atom stereocenters. The number of imidazole rings is 1. The molecule has 0 bridgehead atoms. The van der Waals surface area contributed by atoms with Crippen molar-refractivity contribution in [2.45, 2.75) is 13.0 Å². The molecule has 1 atom stereocenters. The molecule has 0 radical (unpaired) electrons. The molecule has 2 aromatic heterocycles. The molecule has 20 heavy (non-hydrogen) atoms. The highest BCUT2D eigenvalue weighted by Crippen LogP contribution is 2.17. The zero-order valence-corrected chi connectivity index (χ0v) is 11.0. The minimum absolute atomic E-state index is 0.0971. The molecule has 3 aromatic rings. The number of nitrogens with zero attached hydrogens (tertiary/aromatic N) is 3. The van der Waals surface area contributed by atoms with Crippen LogP contribution in [0.15, 0.2) is 55.2 Å². The monoisotopic (exact) mass is 266 g/mol. The van der Waals surface area contributed by atoms with Crippen molar-refractivity contribution < 1.29 is 4.79 Å². The van der Waals surface area contributed by atoms with Crippen LogP contribution in [0.25, 0.3) is 10.9 Å². The van der Waals surface area contributed by atoms with Gasteiger partial charge in [-0.1, -0.05) is 18.2 Å². The van der Waals surface area contributed by atoms with Gasteiger partial charge in [0, 0.05) is 17.8 Å². The third-order valence-corrected chi connectivity index (χ3v) is 3.21. The van der Waals surface area contributed by atoms with Crippen LogP contribution in [-0.4, -0.2) is 20.4 Å². The van der Waals surface area contributed by atoms with Crippen LogP contribution in [-0.2, 0) is 4.79 Å². The summed E-state index contributed by atoms with van der Waals surface area (Å²) < 4.78 is 1.75. The van der Waals surface area contributed by atoms with Crippen LogP contribution in [0.1, 0.15) is 13.0 Å². The summed E-state index contributed by atoms with van der Waals surface area (Å²) in [6.07, 6.45) is 6.72. The standard InChI is InChI=1S/C15H14N4O/c1-11(19-7-6-16-10-19)15(20)18-13-8-12-4-2-3-5-14(12)17-9-13/h2-11H,1H3,(H,18,20). The Hall–Kier alpha value is -2.69. The quantitative estimate of drug-likeness (QED) is 0.792. The van der Waals surface area contributed by atoms with Crippen LogP contribution in [0.4, 0.5) is 5.69 Å². The van der Waals surface area contributed by atoms with Gasteiger partial charge < -0.3 is 9.88 Å². The van der Waals surface area contributed by atoms with Gasteiger partial charge in [0.25, 0.3) is 0 Å². The van der Waals surface area contributed by atoms with E-state index in [9.17, 15) is 4.79 Å². The topological polar surface area (TPSA) is 59.8 Å². The van der Waals surface area contributed by atoms with Crippen LogP contribution in [0, 0.1) is 0 Å². The molecular formula is C15H14N4O. The SMILES string of the molecule is CC(C(=O)Nc1cnc2ccccc2c1)n1ccnc1. The van der Waals surface area contributed by atoms with Crippen molar-refractivity contribution in [2.24, 2.45) is 0 Å². The molecule has 100 valence electrons. The average molecular weight is 266 g/mol. The first-order valence-corrected chi connectivity index (χ1v) is 6.37. The van der Waals surface area contributed by atoms with Crippen LogP contribution >= 0.6 is 0 Å². The molecule has 3 rings (SSSR count). The highest BCUT2D eigenvalue weighted by Gasteiger charge is 2.14. The number of hydrogen-bond donors (Lipinski definition) is 1. The number of rotatable bonds is 3. The van der Waals surface area contributed by atoms with Crippen molar-refractivity contribution in [3.8, 4) is 0 Å². The van der Waals surface area contributed by atoms with Gasteiger partial charge in [-0.25, -0.2) is 4.98 Å². The summed E-state index contributed by atoms with van der Waals surface area (Å²) in [4.78, 5) is 20.4. The van der Waals surface area contributed by atoms with Crippen molar-refractivity contribution in [1.29, 1.82) is 0 Å². The van der Waals surface area contributed by atoms with E-state index in [1.54, 1.807) is 29.5 Å². The largest absolute Gasteiger partial charge is 0.325 e. The summed E-state index contributed by atoms with van der Waals surface area (Å²) in [6.45, 7) is 1.82. The molecule has 0 saturated heterocycles. The lowest BCUT2D eigenvalue weighted by Crippen LogP contribution is -2.22. The Labute approximate surface area is 116 Å². The van der Waals surface area contributed by atoms with Crippen molar-refractivity contribution in [3.63, 3.8) is 0 Å². The van der Waals surface area contributed by atoms with Crippen LogP contribution in [0.3, 0.4) is 0 Å². The third kappa shape index (κ3) is 2.38. The van der Waals surface area contributed by atoms with Gasteiger partial charge in [0.2, 0.25) is 5.91 Å². The Morgan fingerprint density at radius 2 is 2.20 bits per heavy atom. The van der Waals surface area contributed by atoms with Gasteiger partial charge in [0.15, 0.2) is 0 Å². The van der Waals surface area contributed by atoms with Gasteiger partial charge in [-0.3, -0.25) is 9.78 Å². The van der Waals surface area contributed by atoms with Gasteiger partial charge in [-0.2, -0.15) is 0 Å². The first kappa shape index (κ1) is 12.3. The number of nitrogens with one attached hydrogen (secondary N) is 1. The van der Waals surface area contributed by atoms with Gasteiger partial charge in [-0.15, -0.1) is 0 Å². The maximum atomic E-state index is 12.2. The average Bonchev–Trinajstić information content (AvgIpc) is 3.00. The molecule has 5 nitrogen and oxygen atoms in total. The van der Waals surface area contributed by atoms with E-state index in [0.717, 1.165) is 10.9 Å². The van der Waals surface area contributed by atoms with Gasteiger partial charge >= 0.3 is 0 Å². The molecular weight excluding hydrogens is 252 g/mol. The molecule has 0 aliphatic heterocycles. The second-order valence-electron chi connectivity index (χ2n) is 4.59. The number of carbonyl (C=O) groups excluding carboxylic acids is 1. The number of hydrogen-bond acceptors (Lipinski definition) is 3.